The molecule has 2 aliphatic heterocycles. The summed E-state index contributed by atoms with van der Waals surface area (Å²) in [5.74, 6) is 1.66. The molecule has 3 aromatic rings. The molecule has 186 valence electrons. The highest BCUT2D eigenvalue weighted by atomic mass is 16.5. The summed E-state index contributed by atoms with van der Waals surface area (Å²) in [6.07, 6.45) is 7.71. The zero-order valence-corrected chi connectivity index (χ0v) is 20.7. The van der Waals surface area contributed by atoms with Crippen LogP contribution < -0.4 is 9.64 Å². The van der Waals surface area contributed by atoms with E-state index in [1.807, 2.05) is 24.0 Å². The monoisotopic (exact) mass is 476 g/mol. The molecule has 0 aliphatic carbocycles. The molecule has 0 N–H and O–H groups in total. The number of likely N-dealkylation sites (tertiary alicyclic amines) is 1. The van der Waals surface area contributed by atoms with Crippen molar-refractivity contribution in [2.75, 3.05) is 57.3 Å². The summed E-state index contributed by atoms with van der Waals surface area (Å²) < 4.78 is 11.8. The predicted octanol–water partition coefficient (Wildman–Crippen LogP) is 4.74. The van der Waals surface area contributed by atoms with E-state index < -0.39 is 0 Å². The van der Waals surface area contributed by atoms with Gasteiger partial charge in [0.15, 0.2) is 11.3 Å². The second-order valence-corrected chi connectivity index (χ2v) is 9.67. The first kappa shape index (κ1) is 23.7. The lowest BCUT2D eigenvalue weighted by atomic mass is 10.1. The van der Waals surface area contributed by atoms with Crippen LogP contribution in [0.25, 0.3) is 11.0 Å². The van der Waals surface area contributed by atoms with Gasteiger partial charge in [-0.1, -0.05) is 6.42 Å². The van der Waals surface area contributed by atoms with E-state index in [1.165, 1.54) is 38.0 Å². The number of aromatic nitrogens is 1. The van der Waals surface area contributed by atoms with Crippen molar-refractivity contribution in [1.29, 1.82) is 0 Å². The lowest BCUT2D eigenvalue weighted by Gasteiger charge is -2.26. The quantitative estimate of drug-likeness (QED) is 0.459. The number of piperidine rings is 1. The lowest BCUT2D eigenvalue weighted by molar-refractivity contribution is 0.0762. The van der Waals surface area contributed by atoms with E-state index in [-0.39, 0.29) is 5.91 Å². The maximum atomic E-state index is 13.3. The number of benzene rings is 1. The van der Waals surface area contributed by atoms with Gasteiger partial charge < -0.3 is 23.9 Å². The van der Waals surface area contributed by atoms with Crippen molar-refractivity contribution in [2.24, 2.45) is 0 Å². The third-order valence-corrected chi connectivity index (χ3v) is 7.08. The van der Waals surface area contributed by atoms with Crippen molar-refractivity contribution in [3.05, 3.63) is 54.0 Å². The second-order valence-electron chi connectivity index (χ2n) is 9.67. The van der Waals surface area contributed by atoms with Crippen molar-refractivity contribution in [3.8, 4) is 5.75 Å². The fraction of sp³-hybridized carbons (Fsp3) is 0.500. The Bertz CT molecular complexity index is 1120. The Kier molecular flexibility index (Phi) is 7.52. The smallest absolute Gasteiger partial charge is 0.276 e. The van der Waals surface area contributed by atoms with Crippen LogP contribution in [0.4, 0.5) is 5.69 Å². The van der Waals surface area contributed by atoms with E-state index >= 15 is 0 Å². The average Bonchev–Trinajstić information content (AvgIpc) is 3.11. The van der Waals surface area contributed by atoms with Gasteiger partial charge in [0.2, 0.25) is 0 Å². The number of aryl methyl sites for hydroxylation is 1. The molecule has 7 nitrogen and oxygen atoms in total. The van der Waals surface area contributed by atoms with Crippen LogP contribution in [0, 0.1) is 6.92 Å². The van der Waals surface area contributed by atoms with Gasteiger partial charge in [0, 0.05) is 50.0 Å². The van der Waals surface area contributed by atoms with Gasteiger partial charge in [-0.25, -0.2) is 4.98 Å². The van der Waals surface area contributed by atoms with E-state index in [4.69, 9.17) is 9.15 Å². The number of fused-ring (bicyclic) bond motifs is 1. The lowest BCUT2D eigenvalue weighted by Crippen LogP contribution is -2.35. The van der Waals surface area contributed by atoms with E-state index in [2.05, 4.69) is 39.0 Å². The molecule has 0 saturated carbocycles. The molecule has 0 radical (unpaired) electrons. The molecule has 5 rings (SSSR count). The number of hydrogen-bond donors (Lipinski definition) is 0. The highest BCUT2D eigenvalue weighted by molar-refractivity contribution is 6.03. The molecule has 0 spiro atoms. The highest BCUT2D eigenvalue weighted by Crippen LogP contribution is 2.24. The zero-order chi connectivity index (χ0) is 24.0. The van der Waals surface area contributed by atoms with Crippen molar-refractivity contribution in [2.45, 2.75) is 39.0 Å². The molecule has 2 aromatic heterocycles. The second kappa shape index (κ2) is 11.1. The van der Waals surface area contributed by atoms with E-state index in [9.17, 15) is 4.79 Å². The van der Waals surface area contributed by atoms with Gasteiger partial charge in [0.05, 0.1) is 6.61 Å². The third-order valence-electron chi connectivity index (χ3n) is 7.08. The third kappa shape index (κ3) is 5.78. The van der Waals surface area contributed by atoms with Crippen molar-refractivity contribution in [3.63, 3.8) is 0 Å². The summed E-state index contributed by atoms with van der Waals surface area (Å²) in [6.45, 7) is 9.33. The van der Waals surface area contributed by atoms with E-state index in [0.29, 0.717) is 24.4 Å². The number of pyridine rings is 1. The summed E-state index contributed by atoms with van der Waals surface area (Å²) in [4.78, 5) is 24.4. The van der Waals surface area contributed by atoms with E-state index in [1.54, 1.807) is 6.20 Å². The minimum absolute atomic E-state index is 0.0555. The fourth-order valence-electron chi connectivity index (χ4n) is 5.19. The molecule has 0 bridgehead atoms. The first-order valence-corrected chi connectivity index (χ1v) is 13.0. The number of rotatable bonds is 7. The summed E-state index contributed by atoms with van der Waals surface area (Å²) in [5, 5.41) is 0.922. The normalized spacial score (nSPS) is 17.5. The molecule has 7 heteroatoms. The number of furan rings is 1. The topological polar surface area (TPSA) is 62.1 Å². The Balaban J connectivity index is 1.13. The van der Waals surface area contributed by atoms with Crippen LogP contribution in [0.15, 0.2) is 47.0 Å². The standard InChI is InChI=1S/C28H36N4O3/c1-22-21-23-11-12-29-26(27(23)35-22)28(33)32-17-5-16-31(18-19-32)24-7-9-25(10-8-24)34-20-6-15-30-13-3-2-4-14-30/h7-12,21H,2-6,13-20H2,1H3. The first-order chi connectivity index (χ1) is 17.2. The maximum absolute atomic E-state index is 13.3. The minimum atomic E-state index is -0.0555. The molecule has 2 fully saturated rings. The van der Waals surface area contributed by atoms with Crippen LogP contribution in [0.5, 0.6) is 5.75 Å². The Morgan fingerprint density at radius 3 is 2.63 bits per heavy atom. The summed E-state index contributed by atoms with van der Waals surface area (Å²) >= 11 is 0. The highest BCUT2D eigenvalue weighted by Gasteiger charge is 2.24. The number of hydrogen-bond acceptors (Lipinski definition) is 6. The summed E-state index contributed by atoms with van der Waals surface area (Å²) in [5.41, 5.74) is 2.16. The summed E-state index contributed by atoms with van der Waals surface area (Å²) in [6, 6.07) is 12.2. The Hall–Kier alpha value is -3.06. The number of ether oxygens (including phenoxy) is 1. The van der Waals surface area contributed by atoms with Crippen molar-refractivity contribution in [1.82, 2.24) is 14.8 Å². The van der Waals surface area contributed by atoms with Crippen LogP contribution in [-0.4, -0.2) is 73.1 Å². The summed E-state index contributed by atoms with van der Waals surface area (Å²) in [7, 11) is 0. The molecule has 1 amide bonds. The fourth-order valence-corrected chi connectivity index (χ4v) is 5.19. The molecule has 2 saturated heterocycles. The van der Waals surface area contributed by atoms with Gasteiger partial charge >= 0.3 is 0 Å². The number of anilines is 1. The van der Waals surface area contributed by atoms with Crippen LogP contribution >= 0.6 is 0 Å². The largest absolute Gasteiger partial charge is 0.494 e. The maximum Gasteiger partial charge on any atom is 0.276 e. The molecular weight excluding hydrogens is 440 g/mol. The van der Waals surface area contributed by atoms with Gasteiger partial charge in [-0.2, -0.15) is 0 Å². The SMILES string of the molecule is Cc1cc2ccnc(C(=O)N3CCCN(c4ccc(OCCCN5CCCCC5)cc4)CC3)c2o1. The molecule has 0 atom stereocenters. The Morgan fingerprint density at radius 2 is 1.80 bits per heavy atom. The number of nitrogens with zero attached hydrogens (tertiary/aromatic N) is 4. The average molecular weight is 477 g/mol. The van der Waals surface area contributed by atoms with Gasteiger partial charge in [-0.3, -0.25) is 4.79 Å². The number of carbonyl (C=O) groups excluding carboxylic acids is 1. The van der Waals surface area contributed by atoms with Gasteiger partial charge in [-0.15, -0.1) is 0 Å². The molecule has 35 heavy (non-hydrogen) atoms. The van der Waals surface area contributed by atoms with Gasteiger partial charge in [0.1, 0.15) is 11.5 Å². The van der Waals surface area contributed by atoms with Gasteiger partial charge in [-0.05, 0) is 82.1 Å². The van der Waals surface area contributed by atoms with Gasteiger partial charge in [0.25, 0.3) is 5.91 Å². The van der Waals surface area contributed by atoms with Crippen molar-refractivity contribution >= 4 is 22.6 Å². The minimum Gasteiger partial charge on any atom is -0.494 e. The molecule has 0 unspecified atom stereocenters. The predicted molar refractivity (Wildman–Crippen MR) is 138 cm³/mol. The number of amides is 1. The van der Waals surface area contributed by atoms with Crippen LogP contribution in [0.2, 0.25) is 0 Å². The van der Waals surface area contributed by atoms with Crippen LogP contribution in [0.3, 0.4) is 0 Å². The van der Waals surface area contributed by atoms with Crippen LogP contribution in [-0.2, 0) is 0 Å². The van der Waals surface area contributed by atoms with E-state index in [0.717, 1.165) is 56.0 Å². The van der Waals surface area contributed by atoms with Crippen molar-refractivity contribution < 1.29 is 13.9 Å². The number of carbonyl (C=O) groups is 1. The molecule has 4 heterocycles. The molecule has 2 aliphatic rings. The molecular formula is C28H36N4O3. The zero-order valence-electron chi connectivity index (χ0n) is 20.7. The van der Waals surface area contributed by atoms with Crippen LogP contribution in [0.1, 0.15) is 48.4 Å². The molecule has 1 aromatic carbocycles. The first-order valence-electron chi connectivity index (χ1n) is 13.0. The Morgan fingerprint density at radius 1 is 0.971 bits per heavy atom. The Labute approximate surface area is 207 Å².